The number of benzene rings is 6. The van der Waals surface area contributed by atoms with E-state index in [1.165, 1.54) is 54.2 Å². The van der Waals surface area contributed by atoms with Gasteiger partial charge in [-0.25, -0.2) is 0 Å². The molecule has 0 saturated heterocycles. The van der Waals surface area contributed by atoms with Gasteiger partial charge in [0, 0.05) is 5.54 Å². The molecule has 8 rings (SSSR count). The van der Waals surface area contributed by atoms with E-state index in [4.69, 9.17) is 0 Å². The molecule has 6 aromatic rings. The van der Waals surface area contributed by atoms with Crippen LogP contribution in [0.15, 0.2) is 145 Å². The summed E-state index contributed by atoms with van der Waals surface area (Å²) in [6.07, 6.45) is 5.69. The number of fused-ring (bicyclic) bond motifs is 6. The molecule has 0 saturated carbocycles. The first kappa shape index (κ1) is 26.2. The molecule has 1 atom stereocenters. The summed E-state index contributed by atoms with van der Waals surface area (Å²) < 4.78 is 0. The number of hydrogen-bond donors (Lipinski definition) is 0. The maximum absolute atomic E-state index is 2.78. The molecule has 2 aliphatic rings. The smallest absolute Gasteiger partial charge is 0.0654 e. The van der Waals surface area contributed by atoms with Crippen LogP contribution in [0, 0.1) is 0 Å². The summed E-state index contributed by atoms with van der Waals surface area (Å²) in [7, 11) is -2.78. The molecule has 43 heavy (non-hydrogen) atoms. The summed E-state index contributed by atoms with van der Waals surface area (Å²) in [6.45, 7) is 4.75. The van der Waals surface area contributed by atoms with Gasteiger partial charge in [0.05, 0.1) is 0 Å². The first-order valence-corrected chi connectivity index (χ1v) is 17.9. The lowest BCUT2D eigenvalue weighted by atomic mass is 9.99. The highest BCUT2D eigenvalue weighted by Gasteiger charge is 2.54. The normalized spacial score (nSPS) is 16.0. The fourth-order valence-electron chi connectivity index (χ4n) is 8.40. The summed E-state index contributed by atoms with van der Waals surface area (Å²) in [5.74, 6) is 0. The standard InChI is InChI=1S/C42H36Si/c1-3-29-27-33-25-23-31-15-11-13-21-37(31)39(33)41(29)43(35-17-7-5-8-18-35,36-19-9-6-10-20-36)42-30(4-2)28-34-26-24-32-16-12-14-22-38(32)40(34)42/h5-27,41H,3-4,28H2,1-2H3. The van der Waals surface area contributed by atoms with Crippen molar-refractivity contribution >= 4 is 51.3 Å². The van der Waals surface area contributed by atoms with Gasteiger partial charge in [-0.05, 0) is 78.6 Å². The Morgan fingerprint density at radius 1 is 0.581 bits per heavy atom. The van der Waals surface area contributed by atoms with Crippen LogP contribution >= 0.6 is 0 Å². The second-order valence-electron chi connectivity index (χ2n) is 12.2. The van der Waals surface area contributed by atoms with Gasteiger partial charge in [-0.15, -0.1) is 0 Å². The molecule has 0 aromatic heterocycles. The zero-order valence-electron chi connectivity index (χ0n) is 25.0. The van der Waals surface area contributed by atoms with Crippen molar-refractivity contribution < 1.29 is 0 Å². The molecular weight excluding hydrogens is 533 g/mol. The van der Waals surface area contributed by atoms with Crippen molar-refractivity contribution in [1.29, 1.82) is 0 Å². The molecule has 0 N–H and O–H groups in total. The van der Waals surface area contributed by atoms with Crippen molar-refractivity contribution in [3.05, 3.63) is 167 Å². The highest BCUT2D eigenvalue weighted by molar-refractivity contribution is 7.16. The van der Waals surface area contributed by atoms with Gasteiger partial charge in [0.2, 0.25) is 0 Å². The Bertz CT molecular complexity index is 2020. The molecule has 0 radical (unpaired) electrons. The Hall–Kier alpha value is -4.46. The monoisotopic (exact) mass is 568 g/mol. The zero-order valence-corrected chi connectivity index (χ0v) is 26.0. The van der Waals surface area contributed by atoms with Gasteiger partial charge in [-0.2, -0.15) is 0 Å². The van der Waals surface area contributed by atoms with Crippen molar-refractivity contribution in [1.82, 2.24) is 0 Å². The van der Waals surface area contributed by atoms with Crippen molar-refractivity contribution in [2.75, 3.05) is 0 Å². The average Bonchev–Trinajstić information content (AvgIpc) is 3.66. The van der Waals surface area contributed by atoms with E-state index >= 15 is 0 Å². The third-order valence-corrected chi connectivity index (χ3v) is 15.6. The minimum absolute atomic E-state index is 0.296. The molecule has 1 heteroatoms. The predicted molar refractivity (Wildman–Crippen MR) is 188 cm³/mol. The minimum Gasteiger partial charge on any atom is -0.0654 e. The fraction of sp³-hybridized carbons (Fsp3) is 0.143. The van der Waals surface area contributed by atoms with Gasteiger partial charge in [-0.1, -0.05) is 165 Å². The quantitative estimate of drug-likeness (QED) is 0.176. The molecule has 0 nitrogen and oxygen atoms in total. The van der Waals surface area contributed by atoms with Gasteiger partial charge in [0.1, 0.15) is 0 Å². The van der Waals surface area contributed by atoms with Crippen LogP contribution in [-0.4, -0.2) is 8.07 Å². The van der Waals surface area contributed by atoms with Crippen LogP contribution in [0.1, 0.15) is 54.5 Å². The molecular formula is C42H36Si. The predicted octanol–water partition coefficient (Wildman–Crippen LogP) is 9.65. The molecule has 0 aliphatic heterocycles. The topological polar surface area (TPSA) is 0 Å². The molecule has 0 heterocycles. The lowest BCUT2D eigenvalue weighted by molar-refractivity contribution is 0.992. The summed E-state index contributed by atoms with van der Waals surface area (Å²) >= 11 is 0. The van der Waals surface area contributed by atoms with Gasteiger partial charge in [-0.3, -0.25) is 0 Å². The Labute approximate surface area is 256 Å². The van der Waals surface area contributed by atoms with Gasteiger partial charge in [0.25, 0.3) is 0 Å². The first-order valence-electron chi connectivity index (χ1n) is 15.8. The van der Waals surface area contributed by atoms with Crippen LogP contribution in [-0.2, 0) is 6.42 Å². The van der Waals surface area contributed by atoms with E-state index in [9.17, 15) is 0 Å². The van der Waals surface area contributed by atoms with E-state index in [2.05, 4.69) is 153 Å². The fourth-order valence-corrected chi connectivity index (χ4v) is 14.8. The second-order valence-corrected chi connectivity index (χ2v) is 16.0. The van der Waals surface area contributed by atoms with Crippen molar-refractivity contribution in [2.45, 2.75) is 38.7 Å². The average molecular weight is 569 g/mol. The second kappa shape index (κ2) is 10.4. The Morgan fingerprint density at radius 2 is 1.16 bits per heavy atom. The number of hydrogen-bond acceptors (Lipinski definition) is 0. The summed E-state index contributed by atoms with van der Waals surface area (Å²) in [5.41, 5.74) is 9.43. The van der Waals surface area contributed by atoms with E-state index in [0.717, 1.165) is 19.3 Å². The highest BCUT2D eigenvalue weighted by atomic mass is 28.3. The molecule has 1 unspecified atom stereocenters. The van der Waals surface area contributed by atoms with Crippen molar-refractivity contribution in [3.63, 3.8) is 0 Å². The van der Waals surface area contributed by atoms with Crippen molar-refractivity contribution in [2.24, 2.45) is 0 Å². The molecule has 2 aliphatic carbocycles. The lowest BCUT2D eigenvalue weighted by Crippen LogP contribution is -2.64. The van der Waals surface area contributed by atoms with Gasteiger partial charge in [0.15, 0.2) is 8.07 Å². The number of rotatable bonds is 6. The highest BCUT2D eigenvalue weighted by Crippen LogP contribution is 2.54. The van der Waals surface area contributed by atoms with Crippen LogP contribution in [0.2, 0.25) is 0 Å². The van der Waals surface area contributed by atoms with E-state index in [1.54, 1.807) is 16.3 Å². The minimum atomic E-state index is -2.78. The third-order valence-electron chi connectivity index (χ3n) is 10.1. The lowest BCUT2D eigenvalue weighted by Gasteiger charge is -2.43. The maximum Gasteiger partial charge on any atom is 0.160 e. The summed E-state index contributed by atoms with van der Waals surface area (Å²) in [6, 6.07) is 50.9. The van der Waals surface area contributed by atoms with E-state index in [1.807, 2.05) is 0 Å². The van der Waals surface area contributed by atoms with Crippen LogP contribution in [0.5, 0.6) is 0 Å². The van der Waals surface area contributed by atoms with Crippen LogP contribution in [0.4, 0.5) is 0 Å². The van der Waals surface area contributed by atoms with E-state index in [0.29, 0.717) is 5.54 Å². The molecule has 0 amide bonds. The van der Waals surface area contributed by atoms with Crippen LogP contribution < -0.4 is 10.4 Å². The largest absolute Gasteiger partial charge is 0.160 e. The number of allylic oxidation sites excluding steroid dienone is 2. The van der Waals surface area contributed by atoms with E-state index < -0.39 is 8.07 Å². The Kier molecular flexibility index (Phi) is 6.31. The van der Waals surface area contributed by atoms with Crippen LogP contribution in [0.3, 0.4) is 0 Å². The molecule has 208 valence electrons. The molecule has 0 spiro atoms. The molecule has 0 fully saturated rings. The zero-order chi connectivity index (χ0) is 29.0. The molecule has 6 aromatic carbocycles. The molecule has 0 bridgehead atoms. The van der Waals surface area contributed by atoms with Gasteiger partial charge >= 0.3 is 0 Å². The maximum atomic E-state index is 2.55. The Morgan fingerprint density at radius 3 is 1.81 bits per heavy atom. The summed E-state index contributed by atoms with van der Waals surface area (Å²) in [5, 5.41) is 10.2. The summed E-state index contributed by atoms with van der Waals surface area (Å²) in [4.78, 5) is 0. The van der Waals surface area contributed by atoms with E-state index in [-0.39, 0.29) is 0 Å². The van der Waals surface area contributed by atoms with Crippen molar-refractivity contribution in [3.8, 4) is 0 Å². The SMILES string of the molecule is CCC1=Cc2ccc3ccccc3c2C1[Si](C1=C(CC)Cc2ccc3ccccc3c21)(c1ccccc1)c1ccccc1. The van der Waals surface area contributed by atoms with Crippen LogP contribution in [0.25, 0.3) is 32.8 Å². The van der Waals surface area contributed by atoms with Gasteiger partial charge < -0.3 is 0 Å². The Balaban J connectivity index is 1.59. The third kappa shape index (κ3) is 3.81. The first-order chi connectivity index (χ1) is 21.3.